The second kappa shape index (κ2) is 6.31. The molecule has 1 aliphatic heterocycles. The number of amides is 1. The molecule has 2 aromatic rings. The van der Waals surface area contributed by atoms with Crippen molar-refractivity contribution >= 4 is 23.0 Å². The number of nitrogens with zero attached hydrogens (tertiary/aromatic N) is 1. The van der Waals surface area contributed by atoms with Crippen molar-refractivity contribution < 1.29 is 9.53 Å². The Bertz CT molecular complexity index is 794. The summed E-state index contributed by atoms with van der Waals surface area (Å²) in [6.07, 6.45) is 0. The fourth-order valence-electron chi connectivity index (χ4n) is 3.25. The SMILES string of the molecule is Cc1cccc(C)c1NC(=O)CN1CC(C)(C)Oc2ccc(N)cc21. The monoisotopic (exact) mass is 339 g/mol. The van der Waals surface area contributed by atoms with E-state index >= 15 is 0 Å². The van der Waals surface area contributed by atoms with Gasteiger partial charge in [-0.1, -0.05) is 18.2 Å². The molecule has 0 saturated heterocycles. The minimum Gasteiger partial charge on any atom is -0.484 e. The van der Waals surface area contributed by atoms with Crippen LogP contribution in [0, 0.1) is 13.8 Å². The lowest BCUT2D eigenvalue weighted by Gasteiger charge is -2.40. The van der Waals surface area contributed by atoms with Gasteiger partial charge in [-0.2, -0.15) is 0 Å². The third kappa shape index (κ3) is 3.71. The smallest absolute Gasteiger partial charge is 0.243 e. The van der Waals surface area contributed by atoms with Gasteiger partial charge in [-0.15, -0.1) is 0 Å². The topological polar surface area (TPSA) is 67.6 Å². The summed E-state index contributed by atoms with van der Waals surface area (Å²) >= 11 is 0. The maximum Gasteiger partial charge on any atom is 0.243 e. The molecule has 1 heterocycles. The predicted octanol–water partition coefficient (Wildman–Crippen LogP) is 3.50. The minimum absolute atomic E-state index is 0.0523. The standard InChI is InChI=1S/C20H25N3O2/c1-13-6-5-7-14(2)19(13)22-18(24)11-23-12-20(3,4)25-17-9-8-15(21)10-16(17)23/h5-10H,11-12,21H2,1-4H3,(H,22,24). The second-order valence-electron chi connectivity index (χ2n) is 7.26. The van der Waals surface area contributed by atoms with Gasteiger partial charge >= 0.3 is 0 Å². The molecule has 5 heteroatoms. The number of carbonyl (C=O) groups excluding carboxylic acids is 1. The number of aryl methyl sites for hydroxylation is 2. The third-order valence-corrected chi connectivity index (χ3v) is 4.36. The van der Waals surface area contributed by atoms with Crippen LogP contribution in [0.25, 0.3) is 0 Å². The molecule has 2 aromatic carbocycles. The molecule has 0 atom stereocenters. The number of hydrogen-bond donors (Lipinski definition) is 2. The lowest BCUT2D eigenvalue weighted by atomic mass is 10.0. The van der Waals surface area contributed by atoms with Crippen molar-refractivity contribution in [2.24, 2.45) is 0 Å². The number of carbonyl (C=O) groups is 1. The Balaban J connectivity index is 1.82. The fourth-order valence-corrected chi connectivity index (χ4v) is 3.25. The Morgan fingerprint density at radius 3 is 2.60 bits per heavy atom. The number of nitrogens with two attached hydrogens (primary N) is 1. The number of benzene rings is 2. The molecule has 0 aliphatic carbocycles. The van der Waals surface area contributed by atoms with E-state index in [1.807, 2.05) is 69.0 Å². The predicted molar refractivity (Wildman–Crippen MR) is 102 cm³/mol. The molecule has 3 rings (SSSR count). The highest BCUT2D eigenvalue weighted by atomic mass is 16.5. The number of nitrogen functional groups attached to an aromatic ring is 1. The van der Waals surface area contributed by atoms with Crippen LogP contribution in [0.5, 0.6) is 5.75 Å². The molecule has 0 radical (unpaired) electrons. The summed E-state index contributed by atoms with van der Waals surface area (Å²) in [6, 6.07) is 11.5. The molecule has 0 unspecified atom stereocenters. The first-order chi connectivity index (χ1) is 11.7. The first-order valence-electron chi connectivity index (χ1n) is 8.45. The molecule has 132 valence electrons. The first-order valence-corrected chi connectivity index (χ1v) is 8.45. The van der Waals surface area contributed by atoms with Gasteiger partial charge in [0.15, 0.2) is 0 Å². The molecule has 0 fully saturated rings. The number of nitrogens with one attached hydrogen (secondary N) is 1. The molecule has 25 heavy (non-hydrogen) atoms. The quantitative estimate of drug-likeness (QED) is 0.840. The molecular formula is C20H25N3O2. The molecular weight excluding hydrogens is 314 g/mol. The summed E-state index contributed by atoms with van der Waals surface area (Å²) in [4.78, 5) is 14.7. The van der Waals surface area contributed by atoms with Gasteiger partial charge < -0.3 is 20.7 Å². The summed E-state index contributed by atoms with van der Waals surface area (Å²) in [5.41, 5.74) is 10.1. The molecule has 0 saturated carbocycles. The van der Waals surface area contributed by atoms with E-state index in [-0.39, 0.29) is 18.1 Å². The van der Waals surface area contributed by atoms with Crippen LogP contribution < -0.4 is 20.7 Å². The van der Waals surface area contributed by atoms with Crippen LogP contribution >= 0.6 is 0 Å². The highest BCUT2D eigenvalue weighted by molar-refractivity contribution is 5.95. The van der Waals surface area contributed by atoms with E-state index < -0.39 is 0 Å². The molecule has 1 aliphatic rings. The third-order valence-electron chi connectivity index (χ3n) is 4.36. The van der Waals surface area contributed by atoms with Crippen molar-refractivity contribution in [3.05, 3.63) is 47.5 Å². The van der Waals surface area contributed by atoms with Gasteiger partial charge in [-0.05, 0) is 57.0 Å². The summed E-state index contributed by atoms with van der Waals surface area (Å²) < 4.78 is 6.01. The largest absolute Gasteiger partial charge is 0.484 e. The summed E-state index contributed by atoms with van der Waals surface area (Å²) in [5, 5.41) is 3.05. The number of anilines is 3. The van der Waals surface area contributed by atoms with E-state index in [1.54, 1.807) is 0 Å². The van der Waals surface area contributed by atoms with E-state index in [1.165, 1.54) is 0 Å². The van der Waals surface area contributed by atoms with Crippen molar-refractivity contribution in [3.8, 4) is 5.75 Å². The van der Waals surface area contributed by atoms with Gasteiger partial charge in [0.05, 0.1) is 18.8 Å². The van der Waals surface area contributed by atoms with Crippen LogP contribution in [0.1, 0.15) is 25.0 Å². The zero-order chi connectivity index (χ0) is 18.2. The van der Waals surface area contributed by atoms with E-state index in [0.29, 0.717) is 12.2 Å². The van der Waals surface area contributed by atoms with Crippen LogP contribution in [0.2, 0.25) is 0 Å². The van der Waals surface area contributed by atoms with E-state index in [4.69, 9.17) is 10.5 Å². The Labute approximate surface area is 148 Å². The summed E-state index contributed by atoms with van der Waals surface area (Å²) in [6.45, 7) is 8.89. The molecule has 3 N–H and O–H groups in total. The summed E-state index contributed by atoms with van der Waals surface area (Å²) in [7, 11) is 0. The molecule has 5 nitrogen and oxygen atoms in total. The van der Waals surface area contributed by atoms with E-state index in [9.17, 15) is 4.79 Å². The Morgan fingerprint density at radius 1 is 1.24 bits per heavy atom. The number of para-hydroxylation sites is 1. The van der Waals surface area contributed by atoms with Crippen LogP contribution in [-0.4, -0.2) is 24.6 Å². The van der Waals surface area contributed by atoms with Crippen LogP contribution in [-0.2, 0) is 4.79 Å². The fraction of sp³-hybridized carbons (Fsp3) is 0.350. The van der Waals surface area contributed by atoms with Crippen molar-refractivity contribution in [1.29, 1.82) is 0 Å². The molecule has 1 amide bonds. The average Bonchev–Trinajstić information content (AvgIpc) is 2.51. The maximum atomic E-state index is 12.7. The normalized spacial score (nSPS) is 15.3. The first kappa shape index (κ1) is 17.1. The summed E-state index contributed by atoms with van der Waals surface area (Å²) in [5.74, 6) is 0.703. The zero-order valence-electron chi connectivity index (χ0n) is 15.2. The van der Waals surface area contributed by atoms with Crippen molar-refractivity contribution in [1.82, 2.24) is 0 Å². The van der Waals surface area contributed by atoms with Crippen molar-refractivity contribution in [2.45, 2.75) is 33.3 Å². The van der Waals surface area contributed by atoms with Gasteiger partial charge in [0, 0.05) is 11.4 Å². The maximum absolute atomic E-state index is 12.7. The Hall–Kier alpha value is -2.69. The number of ether oxygens (including phenoxy) is 1. The highest BCUT2D eigenvalue weighted by Gasteiger charge is 2.32. The minimum atomic E-state index is -0.373. The van der Waals surface area contributed by atoms with Crippen LogP contribution in [0.4, 0.5) is 17.1 Å². The van der Waals surface area contributed by atoms with Gasteiger partial charge in [0.1, 0.15) is 11.4 Å². The lowest BCUT2D eigenvalue weighted by Crippen LogP contribution is -2.49. The van der Waals surface area contributed by atoms with Crippen LogP contribution in [0.15, 0.2) is 36.4 Å². The highest BCUT2D eigenvalue weighted by Crippen LogP contribution is 2.38. The van der Waals surface area contributed by atoms with Gasteiger partial charge in [-0.25, -0.2) is 0 Å². The molecule has 0 spiro atoms. The lowest BCUT2D eigenvalue weighted by molar-refractivity contribution is -0.115. The Kier molecular flexibility index (Phi) is 4.33. The zero-order valence-corrected chi connectivity index (χ0v) is 15.2. The Morgan fingerprint density at radius 2 is 1.92 bits per heavy atom. The number of fused-ring (bicyclic) bond motifs is 1. The number of rotatable bonds is 3. The molecule has 0 bridgehead atoms. The van der Waals surface area contributed by atoms with Gasteiger partial charge in [0.2, 0.25) is 5.91 Å². The van der Waals surface area contributed by atoms with Crippen molar-refractivity contribution in [3.63, 3.8) is 0 Å². The number of hydrogen-bond acceptors (Lipinski definition) is 4. The van der Waals surface area contributed by atoms with Gasteiger partial charge in [-0.3, -0.25) is 4.79 Å². The van der Waals surface area contributed by atoms with Crippen molar-refractivity contribution in [2.75, 3.05) is 29.0 Å². The van der Waals surface area contributed by atoms with E-state index in [2.05, 4.69) is 5.32 Å². The van der Waals surface area contributed by atoms with E-state index in [0.717, 1.165) is 28.3 Å². The average molecular weight is 339 g/mol. The second-order valence-corrected chi connectivity index (χ2v) is 7.26. The van der Waals surface area contributed by atoms with Crippen LogP contribution in [0.3, 0.4) is 0 Å². The molecule has 0 aromatic heterocycles. The van der Waals surface area contributed by atoms with Gasteiger partial charge in [0.25, 0.3) is 0 Å².